The van der Waals surface area contributed by atoms with Crippen LogP contribution in [0.2, 0.25) is 0 Å². The summed E-state index contributed by atoms with van der Waals surface area (Å²) in [4.78, 5) is 0. The van der Waals surface area contributed by atoms with Gasteiger partial charge in [-0.1, -0.05) is 24.3 Å². The predicted octanol–water partition coefficient (Wildman–Crippen LogP) is 2.80. The first-order chi connectivity index (χ1) is 8.83. The summed E-state index contributed by atoms with van der Waals surface area (Å²) in [5.41, 5.74) is 3.10. The molecule has 2 rings (SSSR count). The third-order valence-electron chi connectivity index (χ3n) is 2.86. The number of aliphatic hydroxyl groups is 1. The molecule has 2 aromatic rings. The molecular formula is C15H17NO2. The number of ether oxygens (including phenoxy) is 1. The average molecular weight is 243 g/mol. The second kappa shape index (κ2) is 6.07. The highest BCUT2D eigenvalue weighted by molar-refractivity contribution is 5.47. The van der Waals surface area contributed by atoms with Crippen molar-refractivity contribution >= 4 is 5.69 Å². The number of hydrogen-bond acceptors (Lipinski definition) is 3. The summed E-state index contributed by atoms with van der Waals surface area (Å²) >= 11 is 0. The zero-order valence-corrected chi connectivity index (χ0v) is 10.4. The Morgan fingerprint density at radius 3 is 2.28 bits per heavy atom. The van der Waals surface area contributed by atoms with Gasteiger partial charge in [-0.15, -0.1) is 0 Å². The molecule has 0 saturated carbocycles. The Balaban J connectivity index is 2.02. The van der Waals surface area contributed by atoms with Crippen LogP contribution in [0.15, 0.2) is 48.5 Å². The van der Waals surface area contributed by atoms with E-state index in [1.807, 2.05) is 48.5 Å². The van der Waals surface area contributed by atoms with Crippen molar-refractivity contribution in [3.63, 3.8) is 0 Å². The zero-order valence-electron chi connectivity index (χ0n) is 10.4. The molecule has 0 amide bonds. The topological polar surface area (TPSA) is 41.5 Å². The van der Waals surface area contributed by atoms with E-state index in [4.69, 9.17) is 4.74 Å². The molecular weight excluding hydrogens is 226 g/mol. The summed E-state index contributed by atoms with van der Waals surface area (Å²) in [7, 11) is 1.65. The maximum Gasteiger partial charge on any atom is 0.119 e. The van der Waals surface area contributed by atoms with E-state index in [1.54, 1.807) is 7.11 Å². The largest absolute Gasteiger partial charge is 0.497 e. The van der Waals surface area contributed by atoms with Crippen LogP contribution in [-0.4, -0.2) is 12.2 Å². The minimum absolute atomic E-state index is 0.0699. The van der Waals surface area contributed by atoms with E-state index in [9.17, 15) is 5.11 Å². The van der Waals surface area contributed by atoms with Crippen molar-refractivity contribution in [2.24, 2.45) is 0 Å². The number of nitrogens with one attached hydrogen (secondary N) is 1. The van der Waals surface area contributed by atoms with Gasteiger partial charge >= 0.3 is 0 Å². The molecule has 0 aliphatic rings. The smallest absolute Gasteiger partial charge is 0.119 e. The van der Waals surface area contributed by atoms with Gasteiger partial charge in [-0.25, -0.2) is 0 Å². The highest BCUT2D eigenvalue weighted by Crippen LogP contribution is 2.17. The van der Waals surface area contributed by atoms with Gasteiger partial charge < -0.3 is 15.2 Å². The van der Waals surface area contributed by atoms with Crippen molar-refractivity contribution in [2.45, 2.75) is 13.2 Å². The second-order valence-electron chi connectivity index (χ2n) is 4.01. The lowest BCUT2D eigenvalue weighted by Crippen LogP contribution is -2.02. The third kappa shape index (κ3) is 3.02. The first-order valence-corrected chi connectivity index (χ1v) is 5.89. The second-order valence-corrected chi connectivity index (χ2v) is 4.01. The highest BCUT2D eigenvalue weighted by Gasteiger charge is 2.00. The fourth-order valence-corrected chi connectivity index (χ4v) is 1.79. The number of anilines is 1. The highest BCUT2D eigenvalue weighted by atomic mass is 16.5. The molecule has 2 aromatic carbocycles. The molecule has 0 heterocycles. The van der Waals surface area contributed by atoms with Crippen molar-refractivity contribution in [3.05, 3.63) is 59.7 Å². The Kier molecular flexibility index (Phi) is 4.20. The van der Waals surface area contributed by atoms with Crippen molar-refractivity contribution in [1.29, 1.82) is 0 Å². The van der Waals surface area contributed by atoms with Gasteiger partial charge in [0.1, 0.15) is 5.75 Å². The van der Waals surface area contributed by atoms with Crippen LogP contribution in [0.5, 0.6) is 5.75 Å². The number of rotatable bonds is 5. The monoisotopic (exact) mass is 243 g/mol. The fraction of sp³-hybridized carbons (Fsp3) is 0.200. The molecule has 18 heavy (non-hydrogen) atoms. The van der Waals surface area contributed by atoms with Gasteiger partial charge in [0.25, 0.3) is 0 Å². The van der Waals surface area contributed by atoms with Gasteiger partial charge in [-0.05, 0) is 35.4 Å². The molecule has 0 spiro atoms. The van der Waals surface area contributed by atoms with E-state index in [-0.39, 0.29) is 6.61 Å². The minimum Gasteiger partial charge on any atom is -0.497 e. The van der Waals surface area contributed by atoms with Crippen LogP contribution in [0, 0.1) is 0 Å². The molecule has 0 atom stereocenters. The van der Waals surface area contributed by atoms with E-state index >= 15 is 0 Å². The molecule has 0 aliphatic heterocycles. The summed E-state index contributed by atoms with van der Waals surface area (Å²) in [5.74, 6) is 0.844. The molecule has 0 bridgehead atoms. The zero-order chi connectivity index (χ0) is 12.8. The molecule has 0 unspecified atom stereocenters. The number of aliphatic hydroxyl groups excluding tert-OH is 1. The number of benzene rings is 2. The minimum atomic E-state index is 0.0699. The van der Waals surface area contributed by atoms with E-state index in [2.05, 4.69) is 5.32 Å². The van der Waals surface area contributed by atoms with Crippen molar-refractivity contribution in [3.8, 4) is 5.75 Å². The normalized spacial score (nSPS) is 10.1. The molecule has 3 heteroatoms. The van der Waals surface area contributed by atoms with Gasteiger partial charge in [0.2, 0.25) is 0 Å². The van der Waals surface area contributed by atoms with Crippen LogP contribution in [0.3, 0.4) is 0 Å². The Morgan fingerprint density at radius 1 is 1.00 bits per heavy atom. The van der Waals surface area contributed by atoms with E-state index in [0.717, 1.165) is 22.6 Å². The van der Waals surface area contributed by atoms with Gasteiger partial charge in [-0.3, -0.25) is 0 Å². The number of hydrogen-bond donors (Lipinski definition) is 2. The Labute approximate surface area is 107 Å². The summed E-state index contributed by atoms with van der Waals surface area (Å²) in [5, 5.41) is 12.6. The first-order valence-electron chi connectivity index (χ1n) is 5.89. The molecule has 94 valence electrons. The Bertz CT molecular complexity index is 494. The van der Waals surface area contributed by atoms with Crippen molar-refractivity contribution in [2.75, 3.05) is 12.4 Å². The molecule has 0 aliphatic carbocycles. The van der Waals surface area contributed by atoms with Crippen LogP contribution in [0.25, 0.3) is 0 Å². The van der Waals surface area contributed by atoms with Gasteiger partial charge in [0.15, 0.2) is 0 Å². The lowest BCUT2D eigenvalue weighted by molar-refractivity contribution is 0.280. The van der Waals surface area contributed by atoms with Crippen molar-refractivity contribution in [1.82, 2.24) is 0 Å². The van der Waals surface area contributed by atoms with Gasteiger partial charge in [0, 0.05) is 12.2 Å². The number of methoxy groups -OCH3 is 1. The van der Waals surface area contributed by atoms with E-state index < -0.39 is 0 Å². The van der Waals surface area contributed by atoms with E-state index in [0.29, 0.717) is 6.54 Å². The lowest BCUT2D eigenvalue weighted by Gasteiger charge is -2.10. The van der Waals surface area contributed by atoms with Crippen LogP contribution >= 0.6 is 0 Å². The van der Waals surface area contributed by atoms with Gasteiger partial charge in [-0.2, -0.15) is 0 Å². The standard InChI is InChI=1S/C15H17NO2/c1-18-15-8-6-14(7-9-15)16-10-12-4-2-3-5-13(12)11-17/h2-9,16-17H,10-11H2,1H3. The molecule has 0 radical (unpaired) electrons. The van der Waals surface area contributed by atoms with Crippen LogP contribution < -0.4 is 10.1 Å². The van der Waals surface area contributed by atoms with E-state index in [1.165, 1.54) is 0 Å². The summed E-state index contributed by atoms with van der Waals surface area (Å²) in [6.45, 7) is 0.767. The van der Waals surface area contributed by atoms with Crippen LogP contribution in [-0.2, 0) is 13.2 Å². The maximum atomic E-state index is 9.24. The molecule has 3 nitrogen and oxygen atoms in total. The molecule has 0 fully saturated rings. The maximum absolute atomic E-state index is 9.24. The average Bonchev–Trinajstić information content (AvgIpc) is 2.46. The predicted molar refractivity (Wildman–Crippen MR) is 72.7 cm³/mol. The van der Waals surface area contributed by atoms with Crippen LogP contribution in [0.4, 0.5) is 5.69 Å². The molecule has 0 saturated heterocycles. The first kappa shape index (κ1) is 12.5. The van der Waals surface area contributed by atoms with Crippen molar-refractivity contribution < 1.29 is 9.84 Å². The molecule has 0 aromatic heterocycles. The summed E-state index contributed by atoms with van der Waals surface area (Å²) in [6.07, 6.45) is 0. The van der Waals surface area contributed by atoms with Crippen LogP contribution in [0.1, 0.15) is 11.1 Å². The fourth-order valence-electron chi connectivity index (χ4n) is 1.79. The Hall–Kier alpha value is -2.00. The third-order valence-corrected chi connectivity index (χ3v) is 2.86. The van der Waals surface area contributed by atoms with Gasteiger partial charge in [0.05, 0.1) is 13.7 Å². The Morgan fingerprint density at radius 2 is 1.67 bits per heavy atom. The lowest BCUT2D eigenvalue weighted by atomic mass is 10.1. The quantitative estimate of drug-likeness (QED) is 0.848. The summed E-state index contributed by atoms with van der Waals surface area (Å²) < 4.78 is 5.11. The summed E-state index contributed by atoms with van der Waals surface area (Å²) in [6, 6.07) is 15.6. The SMILES string of the molecule is COc1ccc(NCc2ccccc2CO)cc1. The molecule has 2 N–H and O–H groups in total.